The molecule has 0 radical (unpaired) electrons. The summed E-state index contributed by atoms with van der Waals surface area (Å²) in [4.78, 5) is 0. The van der Waals surface area contributed by atoms with Gasteiger partial charge >= 0.3 is 7.32 Å². The monoisotopic (exact) mass is 210 g/mol. The molecule has 0 unspecified atom stereocenters. The van der Waals surface area contributed by atoms with E-state index in [0.29, 0.717) is 0 Å². The van der Waals surface area contributed by atoms with Gasteiger partial charge in [-0.3, -0.25) is 0 Å². The first-order valence-electron chi connectivity index (χ1n) is 3.29. The minimum Gasteiger partial charge on any atom is -0.507 e. The Morgan fingerprint density at radius 3 is 1.79 bits per heavy atom. The summed E-state index contributed by atoms with van der Waals surface area (Å²) < 4.78 is 54.0. The first-order chi connectivity index (χ1) is 6.43. The second-order valence-electron chi connectivity index (χ2n) is 2.24. The Bertz CT molecular complexity index is 331. The molecule has 14 heavy (non-hydrogen) atoms. The summed E-state index contributed by atoms with van der Waals surface area (Å²) in [5.41, 5.74) is 0. The minimum absolute atomic E-state index is 0.0265. The molecule has 0 aliphatic heterocycles. The van der Waals surface area contributed by atoms with Crippen molar-refractivity contribution in [2.24, 2.45) is 0 Å². The first-order valence-corrected chi connectivity index (χ1v) is 3.29. The van der Waals surface area contributed by atoms with E-state index in [0.717, 1.165) is 0 Å². The van der Waals surface area contributed by atoms with Crippen molar-refractivity contribution in [2.75, 3.05) is 0 Å². The molecule has 3 nitrogen and oxygen atoms in total. The van der Waals surface area contributed by atoms with Crippen LogP contribution < -0.4 is 4.65 Å². The van der Waals surface area contributed by atoms with E-state index >= 15 is 0 Å². The van der Waals surface area contributed by atoms with Gasteiger partial charge in [-0.25, -0.2) is 8.78 Å². The highest BCUT2D eigenvalue weighted by molar-refractivity contribution is 6.33. The fraction of sp³-hybridized carbons (Fsp3) is 0. The summed E-state index contributed by atoms with van der Waals surface area (Å²) in [7, 11) is -2.57. The Kier molecular flexibility index (Phi) is 2.97. The number of halogens is 4. The lowest BCUT2D eigenvalue weighted by Crippen LogP contribution is -2.22. The molecule has 0 atom stereocenters. The maximum absolute atomic E-state index is 12.7. The lowest BCUT2D eigenvalue weighted by molar-refractivity contribution is 0.268. The normalized spacial score (nSPS) is 10.1. The van der Waals surface area contributed by atoms with E-state index < -0.39 is 36.3 Å². The second kappa shape index (κ2) is 3.85. The van der Waals surface area contributed by atoms with E-state index in [1.807, 2.05) is 0 Å². The van der Waals surface area contributed by atoms with E-state index in [-0.39, 0.29) is 6.07 Å². The van der Waals surface area contributed by atoms with Crippen LogP contribution in [0.15, 0.2) is 6.07 Å². The highest BCUT2D eigenvalue weighted by Crippen LogP contribution is 2.26. The highest BCUT2D eigenvalue weighted by Gasteiger charge is 2.24. The Hall–Kier alpha value is -1.28. The van der Waals surface area contributed by atoms with Gasteiger partial charge in [0.05, 0.1) is 0 Å². The fourth-order valence-electron chi connectivity index (χ4n) is 0.760. The van der Waals surface area contributed by atoms with Crippen LogP contribution in [-0.4, -0.2) is 17.4 Å². The summed E-state index contributed by atoms with van der Waals surface area (Å²) in [6.07, 6.45) is 0. The molecule has 0 spiro atoms. The van der Waals surface area contributed by atoms with Gasteiger partial charge in [0.25, 0.3) is 0 Å². The van der Waals surface area contributed by atoms with E-state index in [1.54, 1.807) is 0 Å². The molecule has 0 fully saturated rings. The maximum Gasteiger partial charge on any atom is 0.707 e. The van der Waals surface area contributed by atoms with Gasteiger partial charge in [-0.1, -0.05) is 0 Å². The van der Waals surface area contributed by atoms with Crippen LogP contribution >= 0.6 is 0 Å². The molecule has 0 aliphatic carbocycles. The molecule has 8 heteroatoms. The topological polar surface area (TPSA) is 49.7 Å². The summed E-state index contributed by atoms with van der Waals surface area (Å²) in [5.74, 6) is -8.58. The van der Waals surface area contributed by atoms with Gasteiger partial charge in [0.1, 0.15) is 0 Å². The molecule has 1 rings (SSSR count). The van der Waals surface area contributed by atoms with Crippen molar-refractivity contribution < 1.29 is 32.3 Å². The average Bonchev–Trinajstić information content (AvgIpc) is 2.09. The molecule has 0 saturated heterocycles. The van der Waals surface area contributed by atoms with E-state index in [9.17, 15) is 17.6 Å². The van der Waals surface area contributed by atoms with Crippen LogP contribution in [0.3, 0.4) is 0 Å². The van der Waals surface area contributed by atoms with Crippen molar-refractivity contribution in [1.29, 1.82) is 0 Å². The third kappa shape index (κ3) is 1.96. The van der Waals surface area contributed by atoms with Crippen molar-refractivity contribution in [1.82, 2.24) is 0 Å². The van der Waals surface area contributed by atoms with Gasteiger partial charge in [-0.2, -0.15) is 8.78 Å². The zero-order valence-corrected chi connectivity index (χ0v) is 6.47. The van der Waals surface area contributed by atoms with Gasteiger partial charge in [0.2, 0.25) is 11.6 Å². The lowest BCUT2D eigenvalue weighted by Gasteiger charge is -2.07. The van der Waals surface area contributed by atoms with Gasteiger partial charge < -0.3 is 14.7 Å². The molecular formula is C6H3BF4O3. The molecule has 0 aliphatic rings. The largest absolute Gasteiger partial charge is 0.707 e. The highest BCUT2D eigenvalue weighted by atomic mass is 19.2. The van der Waals surface area contributed by atoms with Crippen LogP contribution in [0, 0.1) is 23.3 Å². The van der Waals surface area contributed by atoms with Crippen molar-refractivity contribution in [3.63, 3.8) is 0 Å². The third-order valence-corrected chi connectivity index (χ3v) is 1.29. The Morgan fingerprint density at radius 2 is 1.43 bits per heavy atom. The minimum atomic E-state index is -2.57. The summed E-state index contributed by atoms with van der Waals surface area (Å²) in [6.45, 7) is 0. The quantitative estimate of drug-likeness (QED) is 0.426. The zero-order valence-electron chi connectivity index (χ0n) is 6.47. The maximum atomic E-state index is 12.7. The molecule has 0 heterocycles. The standard InChI is InChI=1S/C6H3BF4O3/c8-2-1-3(9)5(11)6(4(2)10)14-7(12)13/h1,12-13H. The van der Waals surface area contributed by atoms with Crippen LogP contribution in [0.4, 0.5) is 17.6 Å². The van der Waals surface area contributed by atoms with Crippen LogP contribution in [0.2, 0.25) is 0 Å². The number of rotatable bonds is 2. The predicted octanol–water partition coefficient (Wildman–Crippen LogP) is 0.591. The molecule has 0 saturated carbocycles. The molecular weight excluding hydrogens is 207 g/mol. The van der Waals surface area contributed by atoms with Gasteiger partial charge in [-0.05, 0) is 0 Å². The van der Waals surface area contributed by atoms with E-state index in [1.165, 1.54) is 0 Å². The van der Waals surface area contributed by atoms with Gasteiger partial charge in [0.15, 0.2) is 17.4 Å². The Balaban J connectivity index is 3.25. The number of hydrogen-bond donors (Lipinski definition) is 2. The van der Waals surface area contributed by atoms with Crippen LogP contribution in [0.5, 0.6) is 5.75 Å². The number of hydrogen-bond acceptors (Lipinski definition) is 3. The Morgan fingerprint density at radius 1 is 1.00 bits per heavy atom. The summed E-state index contributed by atoms with van der Waals surface area (Å²) in [6, 6.07) is -0.0265. The average molecular weight is 210 g/mol. The zero-order chi connectivity index (χ0) is 10.9. The predicted molar refractivity (Wildman–Crippen MR) is 37.1 cm³/mol. The number of benzene rings is 1. The lowest BCUT2D eigenvalue weighted by atomic mass is 10.2. The Labute approximate surface area is 75.7 Å². The molecule has 0 amide bonds. The van der Waals surface area contributed by atoms with Crippen molar-refractivity contribution >= 4 is 7.32 Å². The second-order valence-corrected chi connectivity index (χ2v) is 2.24. The smallest absolute Gasteiger partial charge is 0.507 e. The van der Waals surface area contributed by atoms with Gasteiger partial charge in [0, 0.05) is 6.07 Å². The van der Waals surface area contributed by atoms with Crippen molar-refractivity contribution in [2.45, 2.75) is 0 Å². The molecule has 0 aromatic heterocycles. The molecule has 1 aromatic carbocycles. The van der Waals surface area contributed by atoms with E-state index in [4.69, 9.17) is 10.0 Å². The molecule has 1 aromatic rings. The third-order valence-electron chi connectivity index (χ3n) is 1.29. The van der Waals surface area contributed by atoms with Crippen molar-refractivity contribution in [3.05, 3.63) is 29.3 Å². The van der Waals surface area contributed by atoms with E-state index in [2.05, 4.69) is 4.65 Å². The van der Waals surface area contributed by atoms with Gasteiger partial charge in [-0.15, -0.1) is 0 Å². The summed E-state index contributed by atoms with van der Waals surface area (Å²) in [5, 5.41) is 16.4. The van der Waals surface area contributed by atoms with Crippen LogP contribution in [0.25, 0.3) is 0 Å². The first kappa shape index (κ1) is 10.8. The molecule has 0 bridgehead atoms. The molecule has 76 valence electrons. The van der Waals surface area contributed by atoms with Crippen LogP contribution in [-0.2, 0) is 0 Å². The SMILES string of the molecule is OB(O)Oc1c(F)c(F)cc(F)c1F. The summed E-state index contributed by atoms with van der Waals surface area (Å²) >= 11 is 0. The van der Waals surface area contributed by atoms with Crippen molar-refractivity contribution in [3.8, 4) is 5.75 Å². The fourth-order valence-corrected chi connectivity index (χ4v) is 0.760. The van der Waals surface area contributed by atoms with Crippen LogP contribution in [0.1, 0.15) is 0 Å². The molecule has 2 N–H and O–H groups in total.